The van der Waals surface area contributed by atoms with Crippen molar-refractivity contribution in [1.82, 2.24) is 9.97 Å². The molecule has 0 radical (unpaired) electrons. The van der Waals surface area contributed by atoms with Gasteiger partial charge >= 0.3 is 0 Å². The van der Waals surface area contributed by atoms with E-state index in [1.165, 1.54) is 59.4 Å². The van der Waals surface area contributed by atoms with Crippen LogP contribution in [0.15, 0.2) is 170 Å². The predicted molar refractivity (Wildman–Crippen MR) is 203 cm³/mol. The molecule has 1 aromatic heterocycles. The Morgan fingerprint density at radius 2 is 0.854 bits per heavy atom. The second-order valence-corrected chi connectivity index (χ2v) is 12.5. The standard InChI is InChI=1S/C46H28N2/c1-2-11-31(12-3-1)45-40-18-8-9-20-42(40)47-46(48-45)32-24-21-29(22-25-32)34-27-33-26-23-30-13-10-19-39-37-16-6-4-14-35(37)36-15-5-7-17-38(36)41(28-34)44(33)43(30)39/h1-28H. The van der Waals surface area contributed by atoms with Crippen LogP contribution in [0.25, 0.3) is 98.5 Å². The van der Waals surface area contributed by atoms with E-state index < -0.39 is 0 Å². The van der Waals surface area contributed by atoms with Crippen molar-refractivity contribution in [2.24, 2.45) is 0 Å². The number of para-hydroxylation sites is 1. The van der Waals surface area contributed by atoms with Crippen molar-refractivity contribution >= 4 is 64.8 Å². The minimum atomic E-state index is 0.729. The van der Waals surface area contributed by atoms with Crippen LogP contribution in [-0.2, 0) is 0 Å². The van der Waals surface area contributed by atoms with Crippen LogP contribution in [0.4, 0.5) is 0 Å². The Kier molecular flexibility index (Phi) is 5.91. The third-order valence-electron chi connectivity index (χ3n) is 9.81. The number of fused-ring (bicyclic) bond motifs is 6. The van der Waals surface area contributed by atoms with Crippen molar-refractivity contribution in [2.45, 2.75) is 0 Å². The first-order chi connectivity index (χ1) is 23.8. The first-order valence-corrected chi connectivity index (χ1v) is 16.4. The molecule has 2 heteroatoms. The predicted octanol–water partition coefficient (Wildman–Crippen LogP) is 12.4. The maximum Gasteiger partial charge on any atom is 0.160 e. The molecule has 10 rings (SSSR count). The zero-order valence-electron chi connectivity index (χ0n) is 26.1. The van der Waals surface area contributed by atoms with E-state index in [1.807, 2.05) is 18.2 Å². The molecule has 0 N–H and O–H groups in total. The minimum absolute atomic E-state index is 0.729. The van der Waals surface area contributed by atoms with E-state index in [2.05, 4.69) is 152 Å². The zero-order chi connectivity index (χ0) is 31.6. The monoisotopic (exact) mass is 608 g/mol. The minimum Gasteiger partial charge on any atom is -0.228 e. The Morgan fingerprint density at radius 1 is 0.292 bits per heavy atom. The van der Waals surface area contributed by atoms with Crippen molar-refractivity contribution in [3.63, 3.8) is 0 Å². The number of hydrogen-bond donors (Lipinski definition) is 0. The van der Waals surface area contributed by atoms with E-state index in [0.717, 1.165) is 39.1 Å². The molecular weight excluding hydrogens is 581 g/mol. The zero-order valence-corrected chi connectivity index (χ0v) is 26.1. The maximum atomic E-state index is 5.10. The highest BCUT2D eigenvalue weighted by molar-refractivity contribution is 6.33. The van der Waals surface area contributed by atoms with Crippen molar-refractivity contribution in [1.29, 1.82) is 0 Å². The number of nitrogens with zero attached hydrogens (tertiary/aromatic N) is 2. The molecule has 0 spiro atoms. The molecule has 10 aromatic rings. The second-order valence-electron chi connectivity index (χ2n) is 12.5. The molecule has 1 heterocycles. The van der Waals surface area contributed by atoms with Gasteiger partial charge in [0, 0.05) is 16.5 Å². The fraction of sp³-hybridized carbons (Fsp3) is 0. The van der Waals surface area contributed by atoms with Gasteiger partial charge in [0.2, 0.25) is 0 Å². The number of rotatable bonds is 3. The molecule has 0 amide bonds. The number of benzene rings is 8. The molecule has 0 atom stereocenters. The fourth-order valence-corrected chi connectivity index (χ4v) is 7.59. The van der Waals surface area contributed by atoms with E-state index in [9.17, 15) is 0 Å². The first kappa shape index (κ1) is 26.8. The lowest BCUT2D eigenvalue weighted by molar-refractivity contribution is 1.23. The summed E-state index contributed by atoms with van der Waals surface area (Å²) >= 11 is 0. The summed E-state index contributed by atoms with van der Waals surface area (Å²) in [6.45, 7) is 0. The molecule has 0 fully saturated rings. The Hall–Kier alpha value is -6.38. The van der Waals surface area contributed by atoms with Gasteiger partial charge < -0.3 is 0 Å². The van der Waals surface area contributed by atoms with Crippen LogP contribution in [0.3, 0.4) is 0 Å². The van der Waals surface area contributed by atoms with Gasteiger partial charge in [-0.25, -0.2) is 9.97 Å². The summed E-state index contributed by atoms with van der Waals surface area (Å²) in [5.41, 5.74) is 6.33. The summed E-state index contributed by atoms with van der Waals surface area (Å²) in [6.07, 6.45) is 0. The lowest BCUT2D eigenvalue weighted by atomic mass is 9.88. The molecular formula is C46H28N2. The second kappa shape index (κ2) is 10.6. The van der Waals surface area contributed by atoms with Gasteiger partial charge in [-0.1, -0.05) is 152 Å². The summed E-state index contributed by atoms with van der Waals surface area (Å²) in [5.74, 6) is 0.729. The summed E-state index contributed by atoms with van der Waals surface area (Å²) < 4.78 is 0. The van der Waals surface area contributed by atoms with Crippen molar-refractivity contribution in [3.05, 3.63) is 170 Å². The summed E-state index contributed by atoms with van der Waals surface area (Å²) in [4.78, 5) is 10.1. The first-order valence-electron chi connectivity index (χ1n) is 16.4. The van der Waals surface area contributed by atoms with Crippen LogP contribution in [0.2, 0.25) is 0 Å². The van der Waals surface area contributed by atoms with Crippen molar-refractivity contribution in [3.8, 4) is 33.8 Å². The molecule has 0 bridgehead atoms. The molecule has 0 saturated heterocycles. The van der Waals surface area contributed by atoms with Gasteiger partial charge in [-0.05, 0) is 83.2 Å². The molecule has 0 aliphatic carbocycles. The quantitative estimate of drug-likeness (QED) is 0.187. The highest BCUT2D eigenvalue weighted by Gasteiger charge is 2.15. The Morgan fingerprint density at radius 3 is 1.60 bits per heavy atom. The molecule has 48 heavy (non-hydrogen) atoms. The maximum absolute atomic E-state index is 5.10. The topological polar surface area (TPSA) is 25.8 Å². The van der Waals surface area contributed by atoms with Crippen LogP contribution in [0, 0.1) is 0 Å². The highest BCUT2D eigenvalue weighted by atomic mass is 14.9. The lowest BCUT2D eigenvalue weighted by Gasteiger charge is -2.15. The fourth-order valence-electron chi connectivity index (χ4n) is 7.59. The Balaban J connectivity index is 1.20. The largest absolute Gasteiger partial charge is 0.228 e. The van der Waals surface area contributed by atoms with Crippen LogP contribution in [0.5, 0.6) is 0 Å². The van der Waals surface area contributed by atoms with Gasteiger partial charge in [0.25, 0.3) is 0 Å². The van der Waals surface area contributed by atoms with Gasteiger partial charge in [-0.3, -0.25) is 0 Å². The van der Waals surface area contributed by atoms with Gasteiger partial charge in [0.05, 0.1) is 11.2 Å². The van der Waals surface area contributed by atoms with Gasteiger partial charge in [-0.2, -0.15) is 0 Å². The number of aromatic nitrogens is 2. The third kappa shape index (κ3) is 4.13. The Bertz CT molecular complexity index is 2870. The van der Waals surface area contributed by atoms with Crippen molar-refractivity contribution < 1.29 is 0 Å². The van der Waals surface area contributed by atoms with Crippen LogP contribution in [0.1, 0.15) is 0 Å². The SMILES string of the molecule is c1ccc(-c2nc(-c3ccc(-c4cc5ccc6cccc7c8ccccc8c8ccccc8c(c4)c5c67)cc3)nc3ccccc23)cc1. The average molecular weight is 609 g/mol. The van der Waals surface area contributed by atoms with Crippen molar-refractivity contribution in [2.75, 3.05) is 0 Å². The molecule has 2 nitrogen and oxygen atoms in total. The highest BCUT2D eigenvalue weighted by Crippen LogP contribution is 2.42. The van der Waals surface area contributed by atoms with E-state index in [-0.39, 0.29) is 0 Å². The molecule has 0 saturated carbocycles. The molecule has 9 aromatic carbocycles. The molecule has 0 aliphatic heterocycles. The van der Waals surface area contributed by atoms with E-state index in [4.69, 9.17) is 9.97 Å². The van der Waals surface area contributed by atoms with Crippen LogP contribution >= 0.6 is 0 Å². The van der Waals surface area contributed by atoms with E-state index in [0.29, 0.717) is 0 Å². The summed E-state index contributed by atoms with van der Waals surface area (Å²) in [7, 11) is 0. The number of hydrogen-bond acceptors (Lipinski definition) is 2. The lowest BCUT2D eigenvalue weighted by Crippen LogP contribution is -1.95. The third-order valence-corrected chi connectivity index (χ3v) is 9.81. The molecule has 0 unspecified atom stereocenters. The normalized spacial score (nSPS) is 11.8. The van der Waals surface area contributed by atoms with Gasteiger partial charge in [0.15, 0.2) is 5.82 Å². The molecule has 222 valence electrons. The summed E-state index contributed by atoms with van der Waals surface area (Å²) in [5, 5.41) is 13.8. The smallest absolute Gasteiger partial charge is 0.160 e. The van der Waals surface area contributed by atoms with Crippen LogP contribution in [-0.4, -0.2) is 9.97 Å². The molecule has 0 aliphatic rings. The van der Waals surface area contributed by atoms with Gasteiger partial charge in [-0.15, -0.1) is 0 Å². The van der Waals surface area contributed by atoms with E-state index >= 15 is 0 Å². The average Bonchev–Trinajstić information content (AvgIpc) is 3.16. The van der Waals surface area contributed by atoms with E-state index in [1.54, 1.807) is 0 Å². The summed E-state index contributed by atoms with van der Waals surface area (Å²) in [6, 6.07) is 61.1. The van der Waals surface area contributed by atoms with Crippen LogP contribution < -0.4 is 0 Å². The Labute approximate surface area is 277 Å². The van der Waals surface area contributed by atoms with Gasteiger partial charge in [0.1, 0.15) is 0 Å².